The molecule has 0 fully saturated rings. The van der Waals surface area contributed by atoms with Crippen molar-refractivity contribution in [2.45, 2.75) is 26.7 Å². The molecule has 23 heavy (non-hydrogen) atoms. The van der Waals surface area contributed by atoms with E-state index in [2.05, 4.69) is 6.92 Å². The molecule has 0 aromatic heterocycles. The van der Waals surface area contributed by atoms with Crippen LogP contribution in [0.4, 0.5) is 0 Å². The van der Waals surface area contributed by atoms with Crippen LogP contribution in [0.2, 0.25) is 0 Å². The van der Waals surface area contributed by atoms with Gasteiger partial charge in [-0.05, 0) is 61.9 Å². The van der Waals surface area contributed by atoms with Gasteiger partial charge in [-0.1, -0.05) is 13.3 Å². The Bertz CT molecular complexity index is 602. The number of carbonyl (C=O) groups is 1. The Morgan fingerprint density at radius 1 is 0.826 bits per heavy atom. The monoisotopic (exact) mass is 314 g/mol. The second-order valence-corrected chi connectivity index (χ2v) is 5.02. The van der Waals surface area contributed by atoms with Crippen molar-refractivity contribution in [1.82, 2.24) is 0 Å². The summed E-state index contributed by atoms with van der Waals surface area (Å²) in [5, 5.41) is 0. The number of ether oxygens (including phenoxy) is 3. The average molecular weight is 314 g/mol. The first kappa shape index (κ1) is 16.9. The summed E-state index contributed by atoms with van der Waals surface area (Å²) >= 11 is 0. The number of benzene rings is 2. The summed E-state index contributed by atoms with van der Waals surface area (Å²) in [7, 11) is 0. The van der Waals surface area contributed by atoms with Crippen LogP contribution in [-0.4, -0.2) is 19.2 Å². The number of rotatable bonds is 8. The zero-order valence-corrected chi connectivity index (χ0v) is 13.6. The van der Waals surface area contributed by atoms with Crippen molar-refractivity contribution in [1.29, 1.82) is 0 Å². The molecule has 122 valence electrons. The largest absolute Gasteiger partial charge is 0.494 e. The molecule has 0 unspecified atom stereocenters. The van der Waals surface area contributed by atoms with E-state index < -0.39 is 5.97 Å². The molecule has 0 aliphatic carbocycles. The highest BCUT2D eigenvalue weighted by Crippen LogP contribution is 2.19. The molecule has 0 radical (unpaired) electrons. The third-order valence-corrected chi connectivity index (χ3v) is 3.20. The van der Waals surface area contributed by atoms with E-state index in [0.717, 1.165) is 24.3 Å². The molecule has 0 N–H and O–H groups in total. The van der Waals surface area contributed by atoms with Crippen LogP contribution in [0.1, 0.15) is 37.0 Å². The van der Waals surface area contributed by atoms with Gasteiger partial charge in [0.15, 0.2) is 0 Å². The predicted molar refractivity (Wildman–Crippen MR) is 89.4 cm³/mol. The smallest absolute Gasteiger partial charge is 0.343 e. The summed E-state index contributed by atoms with van der Waals surface area (Å²) < 4.78 is 16.3. The molecule has 0 atom stereocenters. The molecule has 0 saturated heterocycles. The van der Waals surface area contributed by atoms with Gasteiger partial charge < -0.3 is 14.2 Å². The third-order valence-electron chi connectivity index (χ3n) is 3.20. The maximum atomic E-state index is 12.1. The Morgan fingerprint density at radius 3 is 2.00 bits per heavy atom. The molecule has 0 aliphatic heterocycles. The number of carbonyl (C=O) groups excluding carboxylic acids is 1. The fraction of sp³-hybridized carbons (Fsp3) is 0.316. The number of hydrogen-bond acceptors (Lipinski definition) is 4. The lowest BCUT2D eigenvalue weighted by atomic mass is 10.2. The molecule has 0 spiro atoms. The second kappa shape index (κ2) is 8.83. The van der Waals surface area contributed by atoms with Crippen molar-refractivity contribution in [2.24, 2.45) is 0 Å². The lowest BCUT2D eigenvalue weighted by Crippen LogP contribution is -2.08. The summed E-state index contributed by atoms with van der Waals surface area (Å²) in [5.41, 5.74) is 0.488. The molecule has 0 aliphatic rings. The molecule has 2 aromatic carbocycles. The number of hydrogen-bond donors (Lipinski definition) is 0. The fourth-order valence-corrected chi connectivity index (χ4v) is 1.96. The van der Waals surface area contributed by atoms with Crippen molar-refractivity contribution < 1.29 is 19.0 Å². The van der Waals surface area contributed by atoms with Crippen LogP contribution in [-0.2, 0) is 0 Å². The first-order chi connectivity index (χ1) is 11.2. The molecule has 2 rings (SSSR count). The van der Waals surface area contributed by atoms with E-state index >= 15 is 0 Å². The summed E-state index contributed by atoms with van der Waals surface area (Å²) in [5.74, 6) is 1.60. The Labute approximate surface area is 137 Å². The van der Waals surface area contributed by atoms with Crippen molar-refractivity contribution in [3.8, 4) is 17.2 Å². The van der Waals surface area contributed by atoms with Crippen LogP contribution in [0.5, 0.6) is 17.2 Å². The van der Waals surface area contributed by atoms with Gasteiger partial charge in [-0.3, -0.25) is 0 Å². The van der Waals surface area contributed by atoms with Gasteiger partial charge in [-0.2, -0.15) is 0 Å². The van der Waals surface area contributed by atoms with Crippen molar-refractivity contribution in [3.05, 3.63) is 54.1 Å². The van der Waals surface area contributed by atoms with E-state index in [9.17, 15) is 4.79 Å². The third kappa shape index (κ3) is 5.33. The highest BCUT2D eigenvalue weighted by Gasteiger charge is 2.09. The fourth-order valence-electron chi connectivity index (χ4n) is 1.96. The molecular weight excluding hydrogens is 292 g/mol. The topological polar surface area (TPSA) is 44.8 Å². The zero-order chi connectivity index (χ0) is 16.5. The van der Waals surface area contributed by atoms with Gasteiger partial charge in [0.25, 0.3) is 0 Å². The highest BCUT2D eigenvalue weighted by atomic mass is 16.5. The summed E-state index contributed by atoms with van der Waals surface area (Å²) in [6.07, 6.45) is 2.11. The Kier molecular flexibility index (Phi) is 6.48. The van der Waals surface area contributed by atoms with Gasteiger partial charge in [-0.15, -0.1) is 0 Å². The Balaban J connectivity index is 1.92. The van der Waals surface area contributed by atoms with Crippen molar-refractivity contribution in [2.75, 3.05) is 13.2 Å². The molecular formula is C19H22O4. The minimum atomic E-state index is -0.394. The van der Waals surface area contributed by atoms with Crippen LogP contribution in [0.25, 0.3) is 0 Å². The normalized spacial score (nSPS) is 10.2. The van der Waals surface area contributed by atoms with E-state index in [1.165, 1.54) is 0 Å². The standard InChI is InChI=1S/C19H22O4/c1-3-5-14-22-17-8-6-15(7-9-17)19(20)23-18-12-10-16(11-13-18)21-4-2/h6-13H,3-5,14H2,1-2H3. The van der Waals surface area contributed by atoms with E-state index in [-0.39, 0.29) is 0 Å². The average Bonchev–Trinajstić information content (AvgIpc) is 2.58. The summed E-state index contributed by atoms with van der Waals surface area (Å²) in [6.45, 7) is 5.32. The molecule has 2 aromatic rings. The number of unbranched alkanes of at least 4 members (excludes halogenated alkanes) is 1. The van der Waals surface area contributed by atoms with Crippen LogP contribution >= 0.6 is 0 Å². The Hall–Kier alpha value is -2.49. The Morgan fingerprint density at radius 2 is 1.39 bits per heavy atom. The van der Waals surface area contributed by atoms with E-state index in [4.69, 9.17) is 14.2 Å². The van der Waals surface area contributed by atoms with Crippen LogP contribution in [0.15, 0.2) is 48.5 Å². The van der Waals surface area contributed by atoms with E-state index in [1.54, 1.807) is 48.5 Å². The SMILES string of the molecule is CCCCOc1ccc(C(=O)Oc2ccc(OCC)cc2)cc1. The van der Waals surface area contributed by atoms with Gasteiger partial charge in [0, 0.05) is 0 Å². The van der Waals surface area contributed by atoms with E-state index in [1.807, 2.05) is 6.92 Å². The molecule has 4 nitrogen and oxygen atoms in total. The highest BCUT2D eigenvalue weighted by molar-refractivity contribution is 5.91. The van der Waals surface area contributed by atoms with Gasteiger partial charge in [0.1, 0.15) is 17.2 Å². The number of esters is 1. The molecule has 4 heteroatoms. The minimum Gasteiger partial charge on any atom is -0.494 e. The quantitative estimate of drug-likeness (QED) is 0.409. The first-order valence-electron chi connectivity index (χ1n) is 7.90. The van der Waals surface area contributed by atoms with Gasteiger partial charge in [-0.25, -0.2) is 4.79 Å². The lowest BCUT2D eigenvalue weighted by molar-refractivity contribution is 0.0734. The van der Waals surface area contributed by atoms with Crippen LogP contribution in [0, 0.1) is 0 Å². The summed E-state index contributed by atoms with van der Waals surface area (Å²) in [4.78, 5) is 12.1. The maximum Gasteiger partial charge on any atom is 0.343 e. The van der Waals surface area contributed by atoms with Gasteiger partial charge >= 0.3 is 5.97 Å². The lowest BCUT2D eigenvalue weighted by Gasteiger charge is -2.08. The molecule has 0 heterocycles. The first-order valence-corrected chi connectivity index (χ1v) is 7.90. The van der Waals surface area contributed by atoms with Crippen LogP contribution in [0.3, 0.4) is 0 Å². The summed E-state index contributed by atoms with van der Waals surface area (Å²) in [6, 6.07) is 14.0. The predicted octanol–water partition coefficient (Wildman–Crippen LogP) is 4.48. The van der Waals surface area contributed by atoms with Gasteiger partial charge in [0.2, 0.25) is 0 Å². The van der Waals surface area contributed by atoms with Crippen molar-refractivity contribution in [3.63, 3.8) is 0 Å². The van der Waals surface area contributed by atoms with Gasteiger partial charge in [0.05, 0.1) is 18.8 Å². The molecule has 0 saturated carbocycles. The maximum absolute atomic E-state index is 12.1. The zero-order valence-electron chi connectivity index (χ0n) is 13.6. The molecule has 0 amide bonds. The van der Waals surface area contributed by atoms with Crippen LogP contribution < -0.4 is 14.2 Å². The molecule has 0 bridgehead atoms. The second-order valence-electron chi connectivity index (χ2n) is 5.02. The van der Waals surface area contributed by atoms with E-state index in [0.29, 0.717) is 24.5 Å². The minimum absolute atomic E-state index is 0.394. The van der Waals surface area contributed by atoms with Crippen molar-refractivity contribution >= 4 is 5.97 Å².